The van der Waals surface area contributed by atoms with Gasteiger partial charge in [-0.05, 0) is 28.1 Å². The van der Waals surface area contributed by atoms with Crippen molar-refractivity contribution in [3.8, 4) is 0 Å². The van der Waals surface area contributed by atoms with E-state index in [1.54, 1.807) is 6.33 Å². The zero-order valence-corrected chi connectivity index (χ0v) is 15.6. The van der Waals surface area contributed by atoms with Gasteiger partial charge in [-0.1, -0.05) is 6.07 Å². The summed E-state index contributed by atoms with van der Waals surface area (Å²) < 4.78 is 27.6. The number of para-hydroxylation sites is 1. The molecule has 0 amide bonds. The highest BCUT2D eigenvalue weighted by Crippen LogP contribution is 2.29. The number of nitrogens with zero attached hydrogens (tertiary/aromatic N) is 5. The van der Waals surface area contributed by atoms with Crippen LogP contribution in [0.2, 0.25) is 0 Å². The van der Waals surface area contributed by atoms with E-state index in [9.17, 15) is 8.78 Å². The fourth-order valence-corrected chi connectivity index (χ4v) is 3.52. The van der Waals surface area contributed by atoms with Crippen molar-refractivity contribution in [1.82, 2.24) is 20.3 Å². The van der Waals surface area contributed by atoms with E-state index in [0.717, 1.165) is 28.1 Å². The quantitative estimate of drug-likeness (QED) is 0.794. The largest absolute Gasteiger partial charge is 0.352 e. The van der Waals surface area contributed by atoms with Crippen molar-refractivity contribution in [2.24, 2.45) is 4.99 Å². The molecule has 4 rings (SSSR count). The number of fused-ring (bicyclic) bond motifs is 1. The van der Waals surface area contributed by atoms with Gasteiger partial charge in [0.05, 0.1) is 5.52 Å². The number of piperazine rings is 1. The van der Waals surface area contributed by atoms with Crippen molar-refractivity contribution in [3.05, 3.63) is 29.0 Å². The van der Waals surface area contributed by atoms with E-state index < -0.39 is 12.2 Å². The van der Waals surface area contributed by atoms with Gasteiger partial charge in [0.15, 0.2) is 0 Å². The molecular weight excluding hydrogens is 410 g/mol. The van der Waals surface area contributed by atoms with Crippen molar-refractivity contribution < 1.29 is 13.6 Å². The summed E-state index contributed by atoms with van der Waals surface area (Å²) in [5.74, 6) is -1.80. The molecule has 1 aromatic carbocycles. The van der Waals surface area contributed by atoms with Crippen molar-refractivity contribution in [1.29, 1.82) is 0 Å². The van der Waals surface area contributed by atoms with Gasteiger partial charge in [0, 0.05) is 43.0 Å². The molecule has 1 aromatic heterocycles. The van der Waals surface area contributed by atoms with Gasteiger partial charge in [0.1, 0.15) is 12.1 Å². The number of alkyl halides is 2. The Bertz CT molecular complexity index is 850. The molecule has 1 unspecified atom stereocenters. The molecule has 2 aliphatic heterocycles. The van der Waals surface area contributed by atoms with Gasteiger partial charge >= 0.3 is 0 Å². The zero-order chi connectivity index (χ0) is 18.3. The van der Waals surface area contributed by atoms with E-state index in [1.165, 1.54) is 0 Å². The molecule has 1 fully saturated rings. The van der Waals surface area contributed by atoms with Crippen LogP contribution >= 0.6 is 15.9 Å². The van der Waals surface area contributed by atoms with Crippen LogP contribution in [-0.4, -0.2) is 59.2 Å². The van der Waals surface area contributed by atoms with Gasteiger partial charge in [-0.2, -0.15) is 0 Å². The maximum absolute atomic E-state index is 13.3. The van der Waals surface area contributed by atoms with Crippen molar-refractivity contribution in [2.75, 3.05) is 31.1 Å². The summed E-state index contributed by atoms with van der Waals surface area (Å²) in [5.41, 5.74) is 3.38. The van der Waals surface area contributed by atoms with Crippen LogP contribution in [0, 0.1) is 0 Å². The van der Waals surface area contributed by atoms with Crippen molar-refractivity contribution in [3.63, 3.8) is 0 Å². The molecule has 0 radical (unpaired) electrons. The molecule has 26 heavy (non-hydrogen) atoms. The third-order valence-electron chi connectivity index (χ3n) is 4.41. The van der Waals surface area contributed by atoms with Crippen LogP contribution in [0.5, 0.6) is 0 Å². The SMILES string of the molecule is CC(F)(F)C1N=C(N2CCN(c3ncnc4c(Br)cccc34)CC2)NO1. The van der Waals surface area contributed by atoms with Gasteiger partial charge in [0.25, 0.3) is 5.92 Å². The Morgan fingerprint density at radius 1 is 1.19 bits per heavy atom. The topological polar surface area (TPSA) is 65.9 Å². The highest BCUT2D eigenvalue weighted by atomic mass is 79.9. The second kappa shape index (κ2) is 6.58. The lowest BCUT2D eigenvalue weighted by Crippen LogP contribution is -2.51. The molecule has 0 bridgehead atoms. The molecule has 2 aliphatic rings. The third-order valence-corrected chi connectivity index (χ3v) is 5.05. The fraction of sp³-hybridized carbons (Fsp3) is 0.438. The standard InChI is InChI=1S/C16H17BrF2N6O/c1-16(18,19)14-22-15(23-26-14)25-7-5-24(6-8-25)13-10-3-2-4-11(17)12(10)20-9-21-13/h2-4,9,14H,5-8H2,1H3,(H,22,23). The smallest absolute Gasteiger partial charge is 0.293 e. The zero-order valence-electron chi connectivity index (χ0n) is 14.0. The number of aromatic nitrogens is 2. The Morgan fingerprint density at radius 2 is 1.92 bits per heavy atom. The number of hydrogen-bond acceptors (Lipinski definition) is 7. The molecule has 2 aromatic rings. The highest BCUT2D eigenvalue weighted by molar-refractivity contribution is 9.10. The van der Waals surface area contributed by atoms with Gasteiger partial charge in [-0.3, -0.25) is 0 Å². The molecule has 138 valence electrons. The predicted molar refractivity (Wildman–Crippen MR) is 97.1 cm³/mol. The summed E-state index contributed by atoms with van der Waals surface area (Å²) in [6.45, 7) is 3.41. The average molecular weight is 427 g/mol. The Morgan fingerprint density at radius 3 is 2.62 bits per heavy atom. The minimum atomic E-state index is -3.02. The normalized spacial score (nSPS) is 21.1. The monoisotopic (exact) mass is 426 g/mol. The molecule has 0 aliphatic carbocycles. The van der Waals surface area contributed by atoms with E-state index in [-0.39, 0.29) is 0 Å². The summed E-state index contributed by atoms with van der Waals surface area (Å²) in [4.78, 5) is 21.7. The minimum absolute atomic E-state index is 0.353. The molecule has 7 nitrogen and oxygen atoms in total. The molecule has 0 saturated carbocycles. The maximum Gasteiger partial charge on any atom is 0.293 e. The number of rotatable bonds is 2. The van der Waals surface area contributed by atoms with Crippen LogP contribution < -0.4 is 10.4 Å². The number of guanidine groups is 1. The summed E-state index contributed by atoms with van der Waals surface area (Å²) >= 11 is 3.51. The summed E-state index contributed by atoms with van der Waals surface area (Å²) in [6.07, 6.45) is 0.0674. The van der Waals surface area contributed by atoms with E-state index in [0.29, 0.717) is 32.1 Å². The Balaban J connectivity index is 1.49. The Kier molecular flexibility index (Phi) is 4.39. The van der Waals surface area contributed by atoms with E-state index in [4.69, 9.17) is 4.84 Å². The van der Waals surface area contributed by atoms with E-state index in [1.807, 2.05) is 23.1 Å². The summed E-state index contributed by atoms with van der Waals surface area (Å²) in [5, 5.41) is 0.973. The van der Waals surface area contributed by atoms with Gasteiger partial charge in [0.2, 0.25) is 12.2 Å². The van der Waals surface area contributed by atoms with Gasteiger partial charge in [-0.25, -0.2) is 34.1 Å². The molecule has 3 heterocycles. The second-order valence-electron chi connectivity index (χ2n) is 6.29. The first-order chi connectivity index (χ1) is 12.4. The number of benzene rings is 1. The maximum atomic E-state index is 13.3. The number of anilines is 1. The number of hydrogen-bond donors (Lipinski definition) is 1. The van der Waals surface area contributed by atoms with Crippen LogP contribution in [0.15, 0.2) is 34.0 Å². The molecule has 1 saturated heterocycles. The van der Waals surface area contributed by atoms with Crippen LogP contribution in [0.4, 0.5) is 14.6 Å². The number of halogens is 3. The first kappa shape index (κ1) is 17.3. The van der Waals surface area contributed by atoms with Crippen LogP contribution in [0.3, 0.4) is 0 Å². The van der Waals surface area contributed by atoms with Crippen LogP contribution in [0.25, 0.3) is 10.9 Å². The lowest BCUT2D eigenvalue weighted by molar-refractivity contribution is -0.127. The lowest BCUT2D eigenvalue weighted by Gasteiger charge is -2.36. The number of aliphatic imine (C=N–C) groups is 1. The van der Waals surface area contributed by atoms with Gasteiger partial charge in [-0.15, -0.1) is 0 Å². The molecule has 1 N–H and O–H groups in total. The second-order valence-corrected chi connectivity index (χ2v) is 7.14. The number of nitrogens with one attached hydrogen (secondary N) is 1. The van der Waals surface area contributed by atoms with Gasteiger partial charge < -0.3 is 9.80 Å². The van der Waals surface area contributed by atoms with E-state index >= 15 is 0 Å². The van der Waals surface area contributed by atoms with Crippen molar-refractivity contribution >= 4 is 38.6 Å². The minimum Gasteiger partial charge on any atom is -0.352 e. The molecule has 0 spiro atoms. The fourth-order valence-electron chi connectivity index (χ4n) is 3.06. The highest BCUT2D eigenvalue weighted by Gasteiger charge is 2.40. The summed E-state index contributed by atoms with van der Waals surface area (Å²) in [6, 6.07) is 5.89. The first-order valence-corrected chi connectivity index (χ1v) is 8.99. The summed E-state index contributed by atoms with van der Waals surface area (Å²) in [7, 11) is 0. The lowest BCUT2D eigenvalue weighted by atomic mass is 10.2. The predicted octanol–water partition coefficient (Wildman–Crippen LogP) is 2.39. The molecule has 1 atom stereocenters. The first-order valence-electron chi connectivity index (χ1n) is 8.20. The number of hydroxylamine groups is 1. The van der Waals surface area contributed by atoms with E-state index in [2.05, 4.69) is 41.3 Å². The van der Waals surface area contributed by atoms with Crippen molar-refractivity contribution in [2.45, 2.75) is 19.1 Å². The van der Waals surface area contributed by atoms with Crippen LogP contribution in [-0.2, 0) is 4.84 Å². The molecule has 10 heteroatoms. The molecular formula is C16H17BrF2N6O. The third kappa shape index (κ3) is 3.18. The average Bonchev–Trinajstić information content (AvgIpc) is 3.12. The Labute approximate surface area is 157 Å². The van der Waals surface area contributed by atoms with Crippen LogP contribution in [0.1, 0.15) is 6.92 Å². The Hall–Kier alpha value is -2.07.